The second-order valence-electron chi connectivity index (χ2n) is 5.78. The van der Waals surface area contributed by atoms with E-state index >= 15 is 0 Å². The molecule has 1 amide bonds. The molecule has 5 nitrogen and oxygen atoms in total. The van der Waals surface area contributed by atoms with Crippen LogP contribution in [0.25, 0.3) is 0 Å². The molecule has 7 heteroatoms. The van der Waals surface area contributed by atoms with Gasteiger partial charge in [-0.1, -0.05) is 55.8 Å². The molecule has 2 aromatic rings. The molecule has 0 unspecified atom stereocenters. The normalized spacial score (nSPS) is 11.5. The van der Waals surface area contributed by atoms with Crippen LogP contribution < -0.4 is 5.32 Å². The maximum atomic E-state index is 12.5. The molecular formula is C19H23ClN2O3S. The molecule has 2 rings (SSSR count). The van der Waals surface area contributed by atoms with Gasteiger partial charge in [0.2, 0.25) is 15.9 Å². The first-order valence-electron chi connectivity index (χ1n) is 8.47. The molecule has 0 aromatic heterocycles. The van der Waals surface area contributed by atoms with Gasteiger partial charge in [0.25, 0.3) is 0 Å². The van der Waals surface area contributed by atoms with Gasteiger partial charge < -0.3 is 5.32 Å². The minimum atomic E-state index is -3.46. The molecule has 2 aromatic carbocycles. The summed E-state index contributed by atoms with van der Waals surface area (Å²) in [6.45, 7) is 4.81. The standard InChI is InChI=1S/C19H23ClN2O3S/c1-3-22(4-2)26(24,25)17-11-9-15(10-12-17)14-21-19(23)13-16-7-5-6-8-18(16)20/h5-12H,3-4,13-14H2,1-2H3,(H,21,23). The topological polar surface area (TPSA) is 66.5 Å². The van der Waals surface area contributed by atoms with E-state index in [1.807, 2.05) is 32.0 Å². The lowest BCUT2D eigenvalue weighted by Gasteiger charge is -2.18. The summed E-state index contributed by atoms with van der Waals surface area (Å²) < 4.78 is 26.3. The number of rotatable bonds is 8. The summed E-state index contributed by atoms with van der Waals surface area (Å²) in [4.78, 5) is 12.3. The Hall–Kier alpha value is -1.89. The van der Waals surface area contributed by atoms with Crippen LogP contribution in [0.1, 0.15) is 25.0 Å². The van der Waals surface area contributed by atoms with E-state index in [4.69, 9.17) is 11.6 Å². The van der Waals surface area contributed by atoms with Crippen molar-refractivity contribution in [3.63, 3.8) is 0 Å². The van der Waals surface area contributed by atoms with E-state index in [-0.39, 0.29) is 17.2 Å². The molecule has 0 aliphatic carbocycles. The molecule has 0 aliphatic rings. The number of amides is 1. The Morgan fingerprint density at radius 3 is 2.23 bits per heavy atom. The zero-order chi connectivity index (χ0) is 19.2. The van der Waals surface area contributed by atoms with E-state index < -0.39 is 10.0 Å². The molecule has 0 radical (unpaired) electrons. The molecule has 140 valence electrons. The average Bonchev–Trinajstić information content (AvgIpc) is 2.63. The highest BCUT2D eigenvalue weighted by atomic mass is 35.5. The zero-order valence-corrected chi connectivity index (χ0v) is 16.5. The second-order valence-corrected chi connectivity index (χ2v) is 8.12. The van der Waals surface area contributed by atoms with Gasteiger partial charge in [0, 0.05) is 24.7 Å². The molecule has 0 fully saturated rings. The third-order valence-electron chi connectivity index (χ3n) is 4.07. The first kappa shape index (κ1) is 20.4. The van der Waals surface area contributed by atoms with Crippen molar-refractivity contribution in [1.29, 1.82) is 0 Å². The summed E-state index contributed by atoms with van der Waals surface area (Å²) in [6, 6.07) is 13.8. The third kappa shape index (κ3) is 5.06. The van der Waals surface area contributed by atoms with E-state index in [1.165, 1.54) is 4.31 Å². The minimum absolute atomic E-state index is 0.141. The number of carbonyl (C=O) groups excluding carboxylic acids is 1. The second kappa shape index (κ2) is 9.16. The molecule has 0 saturated heterocycles. The van der Waals surface area contributed by atoms with Crippen LogP contribution in [0, 0.1) is 0 Å². The Bertz CT molecular complexity index is 847. The van der Waals surface area contributed by atoms with E-state index in [9.17, 15) is 13.2 Å². The van der Waals surface area contributed by atoms with Crippen LogP contribution in [-0.2, 0) is 27.8 Å². The number of nitrogens with one attached hydrogen (secondary N) is 1. The molecule has 0 atom stereocenters. The number of benzene rings is 2. The lowest BCUT2D eigenvalue weighted by molar-refractivity contribution is -0.120. The number of nitrogens with zero attached hydrogens (tertiary/aromatic N) is 1. The quantitative estimate of drug-likeness (QED) is 0.747. The number of hydrogen-bond donors (Lipinski definition) is 1. The number of hydrogen-bond acceptors (Lipinski definition) is 3. The first-order chi connectivity index (χ1) is 12.4. The molecule has 0 spiro atoms. The van der Waals surface area contributed by atoms with Crippen LogP contribution in [0.4, 0.5) is 0 Å². The molecular weight excluding hydrogens is 372 g/mol. The van der Waals surface area contributed by atoms with Gasteiger partial charge in [-0.3, -0.25) is 4.79 Å². The van der Waals surface area contributed by atoms with E-state index in [0.29, 0.717) is 24.7 Å². The van der Waals surface area contributed by atoms with Gasteiger partial charge in [-0.2, -0.15) is 4.31 Å². The summed E-state index contributed by atoms with van der Waals surface area (Å²) in [5.74, 6) is -0.141. The van der Waals surface area contributed by atoms with Crippen LogP contribution in [0.15, 0.2) is 53.4 Å². The molecule has 0 heterocycles. The maximum absolute atomic E-state index is 12.5. The number of sulfonamides is 1. The fourth-order valence-corrected chi connectivity index (χ4v) is 4.23. The summed E-state index contributed by atoms with van der Waals surface area (Å²) in [7, 11) is -3.46. The molecule has 0 aliphatic heterocycles. The summed E-state index contributed by atoms with van der Waals surface area (Å²) in [6.07, 6.45) is 0.202. The Morgan fingerprint density at radius 1 is 1.04 bits per heavy atom. The Labute approximate surface area is 160 Å². The van der Waals surface area contributed by atoms with Gasteiger partial charge in [-0.15, -0.1) is 0 Å². The Kier molecular flexibility index (Phi) is 7.20. The third-order valence-corrected chi connectivity index (χ3v) is 6.50. The lowest BCUT2D eigenvalue weighted by atomic mass is 10.1. The summed E-state index contributed by atoms with van der Waals surface area (Å²) >= 11 is 6.05. The predicted molar refractivity (Wildman–Crippen MR) is 104 cm³/mol. The van der Waals surface area contributed by atoms with Gasteiger partial charge in [0.15, 0.2) is 0 Å². The Morgan fingerprint density at radius 2 is 1.65 bits per heavy atom. The van der Waals surface area contributed by atoms with E-state index in [0.717, 1.165) is 11.1 Å². The van der Waals surface area contributed by atoms with E-state index in [1.54, 1.807) is 30.3 Å². The summed E-state index contributed by atoms with van der Waals surface area (Å²) in [5, 5.41) is 3.38. The Balaban J connectivity index is 1.97. The van der Waals surface area contributed by atoms with Crippen molar-refractivity contribution in [2.75, 3.05) is 13.1 Å². The van der Waals surface area contributed by atoms with Crippen molar-refractivity contribution in [2.24, 2.45) is 0 Å². The largest absolute Gasteiger partial charge is 0.352 e. The van der Waals surface area contributed by atoms with Gasteiger partial charge in [0.05, 0.1) is 11.3 Å². The van der Waals surface area contributed by atoms with Gasteiger partial charge in [0.1, 0.15) is 0 Å². The number of carbonyl (C=O) groups is 1. The van der Waals surface area contributed by atoms with Crippen molar-refractivity contribution in [3.8, 4) is 0 Å². The average molecular weight is 395 g/mol. The van der Waals surface area contributed by atoms with Crippen molar-refractivity contribution in [1.82, 2.24) is 9.62 Å². The summed E-state index contributed by atoms with van der Waals surface area (Å²) in [5.41, 5.74) is 1.60. The van der Waals surface area contributed by atoms with Crippen molar-refractivity contribution in [3.05, 3.63) is 64.7 Å². The van der Waals surface area contributed by atoms with Gasteiger partial charge in [-0.25, -0.2) is 8.42 Å². The maximum Gasteiger partial charge on any atom is 0.243 e. The lowest BCUT2D eigenvalue weighted by Crippen LogP contribution is -2.30. The van der Waals surface area contributed by atoms with Crippen LogP contribution >= 0.6 is 11.6 Å². The molecule has 0 bridgehead atoms. The predicted octanol–water partition coefficient (Wildman–Crippen LogP) is 3.23. The monoisotopic (exact) mass is 394 g/mol. The van der Waals surface area contributed by atoms with Crippen molar-refractivity contribution >= 4 is 27.5 Å². The molecule has 26 heavy (non-hydrogen) atoms. The highest BCUT2D eigenvalue weighted by molar-refractivity contribution is 7.89. The number of halogens is 1. The van der Waals surface area contributed by atoms with Gasteiger partial charge >= 0.3 is 0 Å². The van der Waals surface area contributed by atoms with Crippen LogP contribution in [0.3, 0.4) is 0 Å². The van der Waals surface area contributed by atoms with Gasteiger partial charge in [-0.05, 0) is 29.3 Å². The fraction of sp³-hybridized carbons (Fsp3) is 0.316. The zero-order valence-electron chi connectivity index (χ0n) is 14.9. The fourth-order valence-electron chi connectivity index (χ4n) is 2.57. The van der Waals surface area contributed by atoms with Crippen LogP contribution in [0.5, 0.6) is 0 Å². The smallest absolute Gasteiger partial charge is 0.243 e. The first-order valence-corrected chi connectivity index (χ1v) is 10.3. The van der Waals surface area contributed by atoms with Crippen molar-refractivity contribution < 1.29 is 13.2 Å². The molecule has 1 N–H and O–H groups in total. The SMILES string of the molecule is CCN(CC)S(=O)(=O)c1ccc(CNC(=O)Cc2ccccc2Cl)cc1. The van der Waals surface area contributed by atoms with E-state index in [2.05, 4.69) is 5.32 Å². The van der Waals surface area contributed by atoms with Crippen LogP contribution in [-0.4, -0.2) is 31.7 Å². The van der Waals surface area contributed by atoms with Crippen molar-refractivity contribution in [2.45, 2.75) is 31.7 Å². The highest BCUT2D eigenvalue weighted by Gasteiger charge is 2.21. The minimum Gasteiger partial charge on any atom is -0.352 e. The van der Waals surface area contributed by atoms with Crippen LogP contribution in [0.2, 0.25) is 5.02 Å². The highest BCUT2D eigenvalue weighted by Crippen LogP contribution is 2.17. The molecule has 0 saturated carbocycles.